The van der Waals surface area contributed by atoms with E-state index >= 15 is 0 Å². The number of nitrogens with one attached hydrogen (secondary N) is 1. The Morgan fingerprint density at radius 3 is 2.53 bits per heavy atom. The lowest BCUT2D eigenvalue weighted by atomic mass is 9.82. The van der Waals surface area contributed by atoms with E-state index < -0.39 is 5.97 Å². The average Bonchev–Trinajstić information content (AvgIpc) is 3.00. The van der Waals surface area contributed by atoms with Crippen LogP contribution in [0.1, 0.15) is 51.9 Å². The third kappa shape index (κ3) is 2.99. The van der Waals surface area contributed by atoms with Gasteiger partial charge in [0.1, 0.15) is 0 Å². The number of carboxylic acids is 1. The van der Waals surface area contributed by atoms with Crippen molar-refractivity contribution < 1.29 is 14.7 Å². The molecular formula is C13H21NO3. The summed E-state index contributed by atoms with van der Waals surface area (Å²) in [7, 11) is 0. The fraction of sp³-hybridized carbons (Fsp3) is 0.846. The van der Waals surface area contributed by atoms with Gasteiger partial charge in [-0.15, -0.1) is 0 Å². The van der Waals surface area contributed by atoms with Crippen LogP contribution >= 0.6 is 0 Å². The van der Waals surface area contributed by atoms with E-state index in [4.69, 9.17) is 5.11 Å². The molecule has 4 heteroatoms. The highest BCUT2D eigenvalue weighted by atomic mass is 16.4. The maximum atomic E-state index is 12.0. The molecule has 0 aromatic rings. The fourth-order valence-electron chi connectivity index (χ4n) is 2.62. The topological polar surface area (TPSA) is 66.4 Å². The molecule has 2 aliphatic carbocycles. The zero-order valence-corrected chi connectivity index (χ0v) is 10.4. The molecule has 1 amide bonds. The first-order valence-corrected chi connectivity index (χ1v) is 6.54. The van der Waals surface area contributed by atoms with Crippen molar-refractivity contribution in [2.75, 3.05) is 0 Å². The Kier molecular flexibility index (Phi) is 3.40. The summed E-state index contributed by atoms with van der Waals surface area (Å²) in [6.45, 7) is 1.98. The van der Waals surface area contributed by atoms with Crippen LogP contribution in [0.5, 0.6) is 0 Å². The molecule has 0 aliphatic heterocycles. The van der Waals surface area contributed by atoms with Crippen LogP contribution < -0.4 is 5.32 Å². The summed E-state index contributed by atoms with van der Waals surface area (Å²) >= 11 is 0. The van der Waals surface area contributed by atoms with E-state index in [9.17, 15) is 9.59 Å². The van der Waals surface area contributed by atoms with Gasteiger partial charge in [-0.25, -0.2) is 0 Å². The Morgan fingerprint density at radius 1 is 1.29 bits per heavy atom. The smallest absolute Gasteiger partial charge is 0.303 e. The molecule has 2 fully saturated rings. The Bertz CT molecular complexity index is 323. The zero-order chi connectivity index (χ0) is 12.5. The number of hydrogen-bond donors (Lipinski definition) is 2. The maximum absolute atomic E-state index is 12.0. The molecule has 0 spiro atoms. The van der Waals surface area contributed by atoms with Gasteiger partial charge in [0, 0.05) is 11.5 Å². The van der Waals surface area contributed by atoms with Gasteiger partial charge in [0.05, 0.1) is 6.42 Å². The summed E-state index contributed by atoms with van der Waals surface area (Å²) in [6.07, 6.45) is 6.15. The number of amides is 1. The van der Waals surface area contributed by atoms with E-state index in [1.54, 1.807) is 0 Å². The molecule has 0 aromatic carbocycles. The van der Waals surface area contributed by atoms with Crippen molar-refractivity contribution in [3.63, 3.8) is 0 Å². The van der Waals surface area contributed by atoms with Crippen LogP contribution in [-0.2, 0) is 9.59 Å². The quantitative estimate of drug-likeness (QED) is 0.787. The monoisotopic (exact) mass is 239 g/mol. The van der Waals surface area contributed by atoms with Crippen LogP contribution in [0.2, 0.25) is 0 Å². The Labute approximate surface area is 102 Å². The first kappa shape index (κ1) is 12.4. The van der Waals surface area contributed by atoms with Gasteiger partial charge in [-0.05, 0) is 31.6 Å². The van der Waals surface area contributed by atoms with Crippen molar-refractivity contribution in [2.24, 2.45) is 11.3 Å². The van der Waals surface area contributed by atoms with Crippen molar-refractivity contribution in [3.8, 4) is 0 Å². The minimum Gasteiger partial charge on any atom is -0.481 e. The standard InChI is InChI=1S/C13H21NO3/c1-13(6-7-13)12(17)14-10-5-3-2-4-9(10)8-11(15)16/h9-10H,2-8H2,1H3,(H,14,17)(H,15,16)/t9-,10-/m0/s1. The van der Waals surface area contributed by atoms with Gasteiger partial charge in [-0.1, -0.05) is 19.8 Å². The highest BCUT2D eigenvalue weighted by molar-refractivity contribution is 5.85. The highest BCUT2D eigenvalue weighted by Gasteiger charge is 2.46. The predicted octanol–water partition coefficient (Wildman–Crippen LogP) is 1.94. The molecule has 0 heterocycles. The molecular weight excluding hydrogens is 218 g/mol. The second kappa shape index (κ2) is 4.67. The SMILES string of the molecule is CC1(C(=O)N[C@H]2CCCC[C@H]2CC(=O)O)CC1. The number of aliphatic carboxylic acids is 1. The molecule has 0 radical (unpaired) electrons. The van der Waals surface area contributed by atoms with E-state index in [1.165, 1.54) is 0 Å². The average molecular weight is 239 g/mol. The van der Waals surface area contributed by atoms with Crippen LogP contribution in [0.4, 0.5) is 0 Å². The van der Waals surface area contributed by atoms with E-state index in [0.29, 0.717) is 0 Å². The molecule has 96 valence electrons. The summed E-state index contributed by atoms with van der Waals surface area (Å²) < 4.78 is 0. The van der Waals surface area contributed by atoms with Gasteiger partial charge >= 0.3 is 5.97 Å². The summed E-state index contributed by atoms with van der Waals surface area (Å²) in [5.41, 5.74) is -0.161. The molecule has 0 aromatic heterocycles. The van der Waals surface area contributed by atoms with Crippen LogP contribution in [0.15, 0.2) is 0 Å². The minimum atomic E-state index is -0.756. The maximum Gasteiger partial charge on any atom is 0.303 e. The lowest BCUT2D eigenvalue weighted by molar-refractivity contribution is -0.139. The summed E-state index contributed by atoms with van der Waals surface area (Å²) in [4.78, 5) is 22.8. The molecule has 2 saturated carbocycles. The fourth-order valence-corrected chi connectivity index (χ4v) is 2.62. The van der Waals surface area contributed by atoms with E-state index in [1.807, 2.05) is 6.92 Å². The number of carbonyl (C=O) groups is 2. The van der Waals surface area contributed by atoms with Gasteiger partial charge in [0.25, 0.3) is 0 Å². The molecule has 2 atom stereocenters. The first-order valence-electron chi connectivity index (χ1n) is 6.54. The van der Waals surface area contributed by atoms with Gasteiger partial charge in [-0.3, -0.25) is 9.59 Å². The van der Waals surface area contributed by atoms with E-state index in [-0.39, 0.29) is 29.7 Å². The molecule has 0 saturated heterocycles. The number of carboxylic acid groups (broad SMARTS) is 1. The van der Waals surface area contributed by atoms with E-state index in [2.05, 4.69) is 5.32 Å². The first-order chi connectivity index (χ1) is 8.01. The van der Waals surface area contributed by atoms with Gasteiger partial charge in [-0.2, -0.15) is 0 Å². The molecule has 0 unspecified atom stereocenters. The van der Waals surface area contributed by atoms with Crippen LogP contribution in [0, 0.1) is 11.3 Å². The lowest BCUT2D eigenvalue weighted by Gasteiger charge is -2.32. The third-order valence-electron chi connectivity index (χ3n) is 4.21. The number of hydrogen-bond acceptors (Lipinski definition) is 2. The van der Waals surface area contributed by atoms with Crippen molar-refractivity contribution in [1.29, 1.82) is 0 Å². The molecule has 2 N–H and O–H groups in total. The Balaban J connectivity index is 1.91. The third-order valence-corrected chi connectivity index (χ3v) is 4.21. The lowest BCUT2D eigenvalue weighted by Crippen LogP contribution is -2.45. The van der Waals surface area contributed by atoms with Crippen molar-refractivity contribution in [3.05, 3.63) is 0 Å². The summed E-state index contributed by atoms with van der Waals surface area (Å²) in [6, 6.07) is 0.0739. The largest absolute Gasteiger partial charge is 0.481 e. The molecule has 2 aliphatic rings. The number of rotatable bonds is 4. The van der Waals surface area contributed by atoms with Crippen molar-refractivity contribution in [2.45, 2.75) is 57.9 Å². The summed E-state index contributed by atoms with van der Waals surface area (Å²) in [5, 5.41) is 12.0. The van der Waals surface area contributed by atoms with Crippen molar-refractivity contribution in [1.82, 2.24) is 5.32 Å². The number of carbonyl (C=O) groups excluding carboxylic acids is 1. The van der Waals surface area contributed by atoms with Crippen LogP contribution in [-0.4, -0.2) is 23.0 Å². The zero-order valence-electron chi connectivity index (χ0n) is 10.4. The van der Waals surface area contributed by atoms with Gasteiger partial charge in [0.2, 0.25) is 5.91 Å². The van der Waals surface area contributed by atoms with Gasteiger partial charge < -0.3 is 10.4 Å². The second-order valence-corrected chi connectivity index (χ2v) is 5.78. The minimum absolute atomic E-state index is 0.0739. The van der Waals surface area contributed by atoms with Gasteiger partial charge in [0.15, 0.2) is 0 Å². The molecule has 0 bridgehead atoms. The Hall–Kier alpha value is -1.06. The molecule has 17 heavy (non-hydrogen) atoms. The highest BCUT2D eigenvalue weighted by Crippen LogP contribution is 2.45. The Morgan fingerprint density at radius 2 is 1.94 bits per heavy atom. The molecule has 4 nitrogen and oxygen atoms in total. The normalized spacial score (nSPS) is 30.6. The van der Waals surface area contributed by atoms with Crippen LogP contribution in [0.25, 0.3) is 0 Å². The molecule has 2 rings (SSSR count). The predicted molar refractivity (Wildman–Crippen MR) is 63.5 cm³/mol. The van der Waals surface area contributed by atoms with Crippen molar-refractivity contribution >= 4 is 11.9 Å². The van der Waals surface area contributed by atoms with Crippen LogP contribution in [0.3, 0.4) is 0 Å². The van der Waals surface area contributed by atoms with E-state index in [0.717, 1.165) is 38.5 Å². The summed E-state index contributed by atoms with van der Waals surface area (Å²) in [5.74, 6) is -0.513. The second-order valence-electron chi connectivity index (χ2n) is 5.78.